The first-order valence-electron chi connectivity index (χ1n) is 6.53. The molecule has 0 saturated carbocycles. The summed E-state index contributed by atoms with van der Waals surface area (Å²) in [4.78, 5) is 4.35. The van der Waals surface area contributed by atoms with Crippen molar-refractivity contribution in [2.24, 2.45) is 11.7 Å². The minimum absolute atomic E-state index is 0.227. The summed E-state index contributed by atoms with van der Waals surface area (Å²) in [5.74, 6) is 1.37. The van der Waals surface area contributed by atoms with E-state index in [9.17, 15) is 0 Å². The second kappa shape index (κ2) is 6.57. The first-order chi connectivity index (χ1) is 9.51. The Bertz CT molecular complexity index is 586. The fourth-order valence-electron chi connectivity index (χ4n) is 1.80. The molecule has 1 aromatic carbocycles. The highest BCUT2D eigenvalue weighted by molar-refractivity contribution is 6.42. The molecular weight excluding hydrogens is 297 g/mol. The molecule has 0 spiro atoms. The smallest absolute Gasteiger partial charge is 0.243 e. The van der Waals surface area contributed by atoms with Crippen molar-refractivity contribution in [3.63, 3.8) is 0 Å². The van der Waals surface area contributed by atoms with Crippen LogP contribution in [-0.4, -0.2) is 10.1 Å². The van der Waals surface area contributed by atoms with Gasteiger partial charge >= 0.3 is 0 Å². The Morgan fingerprint density at radius 3 is 2.70 bits per heavy atom. The molecule has 20 heavy (non-hydrogen) atoms. The molecule has 0 fully saturated rings. The molecule has 2 aromatic rings. The topological polar surface area (TPSA) is 64.9 Å². The van der Waals surface area contributed by atoms with E-state index in [1.807, 2.05) is 6.07 Å². The standard InChI is InChI=1S/C14H17Cl2N3O/c1-3-8(2)13(17)14-18-12(19-20-14)7-9-4-5-10(15)11(16)6-9/h4-6,8,13H,3,7,17H2,1-2H3/t8-,13-/m0/s1. The Morgan fingerprint density at radius 1 is 1.30 bits per heavy atom. The van der Waals surface area contributed by atoms with E-state index in [-0.39, 0.29) is 6.04 Å². The third-order valence-electron chi connectivity index (χ3n) is 3.37. The second-order valence-corrected chi connectivity index (χ2v) is 5.70. The molecule has 6 heteroatoms. The van der Waals surface area contributed by atoms with Crippen LogP contribution in [0.1, 0.15) is 43.6 Å². The van der Waals surface area contributed by atoms with Gasteiger partial charge in [0, 0.05) is 6.42 Å². The van der Waals surface area contributed by atoms with E-state index in [2.05, 4.69) is 24.0 Å². The van der Waals surface area contributed by atoms with Crippen LogP contribution in [0.2, 0.25) is 10.0 Å². The van der Waals surface area contributed by atoms with E-state index in [0.29, 0.717) is 34.1 Å². The van der Waals surface area contributed by atoms with Crippen molar-refractivity contribution in [1.29, 1.82) is 0 Å². The highest BCUT2D eigenvalue weighted by Gasteiger charge is 2.20. The number of halogens is 2. The zero-order valence-corrected chi connectivity index (χ0v) is 12.9. The summed E-state index contributed by atoms with van der Waals surface area (Å²) in [6.07, 6.45) is 1.50. The summed E-state index contributed by atoms with van der Waals surface area (Å²) in [5, 5.41) is 5.01. The number of benzene rings is 1. The van der Waals surface area contributed by atoms with Gasteiger partial charge in [-0.25, -0.2) is 0 Å². The van der Waals surface area contributed by atoms with E-state index in [4.69, 9.17) is 33.5 Å². The van der Waals surface area contributed by atoms with Crippen LogP contribution in [0.4, 0.5) is 0 Å². The lowest BCUT2D eigenvalue weighted by Crippen LogP contribution is -2.18. The number of rotatable bonds is 5. The van der Waals surface area contributed by atoms with Gasteiger partial charge in [0.2, 0.25) is 5.89 Å². The average Bonchev–Trinajstić information content (AvgIpc) is 2.89. The highest BCUT2D eigenvalue weighted by atomic mass is 35.5. The van der Waals surface area contributed by atoms with Crippen molar-refractivity contribution in [2.45, 2.75) is 32.7 Å². The molecular formula is C14H17Cl2N3O. The van der Waals surface area contributed by atoms with Gasteiger partial charge in [-0.1, -0.05) is 54.7 Å². The van der Waals surface area contributed by atoms with Gasteiger partial charge in [0.25, 0.3) is 0 Å². The molecule has 2 N–H and O–H groups in total. The van der Waals surface area contributed by atoms with Gasteiger partial charge in [0.15, 0.2) is 5.82 Å². The predicted octanol–water partition coefficient (Wildman–Crippen LogP) is 4.01. The zero-order chi connectivity index (χ0) is 14.7. The van der Waals surface area contributed by atoms with Crippen LogP contribution in [-0.2, 0) is 6.42 Å². The van der Waals surface area contributed by atoms with Crippen LogP contribution in [0, 0.1) is 5.92 Å². The van der Waals surface area contributed by atoms with Crippen LogP contribution >= 0.6 is 23.2 Å². The fraction of sp³-hybridized carbons (Fsp3) is 0.429. The summed E-state index contributed by atoms with van der Waals surface area (Å²) >= 11 is 11.9. The van der Waals surface area contributed by atoms with Gasteiger partial charge in [-0.2, -0.15) is 4.98 Å². The average molecular weight is 314 g/mol. The minimum Gasteiger partial charge on any atom is -0.338 e. The third-order valence-corrected chi connectivity index (χ3v) is 4.11. The summed E-state index contributed by atoms with van der Waals surface area (Å²) in [6.45, 7) is 4.14. The summed E-state index contributed by atoms with van der Waals surface area (Å²) in [6, 6.07) is 5.22. The fourth-order valence-corrected chi connectivity index (χ4v) is 2.12. The molecule has 0 radical (unpaired) electrons. The Morgan fingerprint density at radius 2 is 2.05 bits per heavy atom. The molecule has 0 saturated heterocycles. The van der Waals surface area contributed by atoms with E-state index < -0.39 is 0 Å². The van der Waals surface area contributed by atoms with Gasteiger partial charge in [-0.3, -0.25) is 0 Å². The molecule has 0 aliphatic rings. The monoisotopic (exact) mass is 313 g/mol. The minimum atomic E-state index is -0.227. The molecule has 2 atom stereocenters. The molecule has 4 nitrogen and oxygen atoms in total. The first kappa shape index (κ1) is 15.3. The van der Waals surface area contributed by atoms with Crippen LogP contribution in [0.25, 0.3) is 0 Å². The van der Waals surface area contributed by atoms with E-state index in [1.165, 1.54) is 0 Å². The Labute approximate surface area is 128 Å². The van der Waals surface area contributed by atoms with Gasteiger partial charge in [-0.15, -0.1) is 0 Å². The summed E-state index contributed by atoms with van der Waals surface area (Å²) in [5.41, 5.74) is 7.04. The molecule has 0 bridgehead atoms. The van der Waals surface area contributed by atoms with E-state index >= 15 is 0 Å². The summed E-state index contributed by atoms with van der Waals surface area (Å²) < 4.78 is 5.23. The number of hydrogen-bond acceptors (Lipinski definition) is 4. The van der Waals surface area contributed by atoms with Crippen LogP contribution < -0.4 is 5.73 Å². The van der Waals surface area contributed by atoms with Gasteiger partial charge in [0.05, 0.1) is 16.1 Å². The Kier molecular flexibility index (Phi) is 5.02. The predicted molar refractivity (Wildman–Crippen MR) is 79.9 cm³/mol. The maximum Gasteiger partial charge on any atom is 0.243 e. The lowest BCUT2D eigenvalue weighted by molar-refractivity contribution is 0.310. The SMILES string of the molecule is CC[C@H](C)[C@H](N)c1nc(Cc2ccc(Cl)c(Cl)c2)no1. The van der Waals surface area contributed by atoms with Gasteiger partial charge in [0.1, 0.15) is 0 Å². The normalized spacial score (nSPS) is 14.2. The largest absolute Gasteiger partial charge is 0.338 e. The zero-order valence-electron chi connectivity index (χ0n) is 11.4. The van der Waals surface area contributed by atoms with Crippen molar-refractivity contribution in [2.75, 3.05) is 0 Å². The van der Waals surface area contributed by atoms with Crippen molar-refractivity contribution >= 4 is 23.2 Å². The van der Waals surface area contributed by atoms with Crippen LogP contribution in [0.5, 0.6) is 0 Å². The number of nitrogens with two attached hydrogens (primary N) is 1. The molecule has 1 aromatic heterocycles. The second-order valence-electron chi connectivity index (χ2n) is 4.89. The molecule has 2 rings (SSSR count). The lowest BCUT2D eigenvalue weighted by atomic mass is 10.0. The van der Waals surface area contributed by atoms with Gasteiger partial charge in [-0.05, 0) is 23.6 Å². The van der Waals surface area contributed by atoms with Crippen molar-refractivity contribution < 1.29 is 4.52 Å². The molecule has 0 aliphatic heterocycles. The van der Waals surface area contributed by atoms with Crippen molar-refractivity contribution in [3.05, 3.63) is 45.5 Å². The maximum absolute atomic E-state index is 6.06. The number of nitrogens with zero attached hydrogens (tertiary/aromatic N) is 2. The Balaban J connectivity index is 2.11. The van der Waals surface area contributed by atoms with E-state index in [1.54, 1.807) is 12.1 Å². The first-order valence-corrected chi connectivity index (χ1v) is 7.28. The van der Waals surface area contributed by atoms with E-state index in [0.717, 1.165) is 12.0 Å². The number of aromatic nitrogens is 2. The molecule has 0 amide bonds. The number of hydrogen-bond donors (Lipinski definition) is 1. The molecule has 0 unspecified atom stereocenters. The quantitative estimate of drug-likeness (QED) is 0.905. The maximum atomic E-state index is 6.06. The van der Waals surface area contributed by atoms with Crippen molar-refractivity contribution in [1.82, 2.24) is 10.1 Å². The molecule has 0 aliphatic carbocycles. The van der Waals surface area contributed by atoms with Crippen molar-refractivity contribution in [3.8, 4) is 0 Å². The van der Waals surface area contributed by atoms with Crippen LogP contribution in [0.15, 0.2) is 22.7 Å². The Hall–Kier alpha value is -1.10. The third kappa shape index (κ3) is 3.51. The molecule has 108 valence electrons. The summed E-state index contributed by atoms with van der Waals surface area (Å²) in [7, 11) is 0. The highest BCUT2D eigenvalue weighted by Crippen LogP contribution is 2.24. The van der Waals surface area contributed by atoms with Gasteiger partial charge < -0.3 is 10.3 Å². The lowest BCUT2D eigenvalue weighted by Gasteiger charge is -2.12. The van der Waals surface area contributed by atoms with Crippen LogP contribution in [0.3, 0.4) is 0 Å². The molecule has 1 heterocycles.